The maximum atomic E-state index is 14.9. The van der Waals surface area contributed by atoms with Gasteiger partial charge in [0, 0.05) is 42.2 Å². The van der Waals surface area contributed by atoms with Crippen molar-refractivity contribution in [3.63, 3.8) is 0 Å². The van der Waals surface area contributed by atoms with E-state index in [-0.39, 0.29) is 40.8 Å². The molecule has 0 spiro atoms. The fraction of sp³-hybridized carbons (Fsp3) is 0.407. The highest BCUT2D eigenvalue weighted by atomic mass is 35.5. The monoisotopic (exact) mass is 484 g/mol. The molecule has 0 radical (unpaired) electrons. The Morgan fingerprint density at radius 2 is 1.91 bits per heavy atom. The zero-order chi connectivity index (χ0) is 24.8. The standard InChI is InChI=1S/C27H30ClFN2O3/c1-16-14-31(23(15-32)27(2,3)4)22-8-7-17(11-20(22)26(16)34)10-18-12-19(13-21(28)25(18)29)30-9-5-6-24(30)33/h7-8,11-14,23,32H,5-6,9-10,15H2,1-4H3/t23-/m1/s1. The molecular weight excluding hydrogens is 455 g/mol. The molecule has 1 amide bonds. The second-order valence-electron chi connectivity index (χ2n) is 10.2. The van der Waals surface area contributed by atoms with Crippen molar-refractivity contribution in [3.05, 3.63) is 74.3 Å². The van der Waals surface area contributed by atoms with Gasteiger partial charge < -0.3 is 14.6 Å². The summed E-state index contributed by atoms with van der Waals surface area (Å²) in [5, 5.41) is 10.6. The van der Waals surface area contributed by atoms with Crippen LogP contribution in [0.15, 0.2) is 41.3 Å². The number of benzene rings is 2. The molecule has 4 rings (SSSR count). The third kappa shape index (κ3) is 4.49. The minimum Gasteiger partial charge on any atom is -0.394 e. The van der Waals surface area contributed by atoms with Crippen molar-refractivity contribution < 1.29 is 14.3 Å². The number of aliphatic hydroxyl groups is 1. The van der Waals surface area contributed by atoms with Crippen LogP contribution in [-0.2, 0) is 11.2 Å². The lowest BCUT2D eigenvalue weighted by molar-refractivity contribution is -0.117. The Morgan fingerprint density at radius 3 is 2.53 bits per heavy atom. The minimum absolute atomic E-state index is 0.00708. The second-order valence-corrected chi connectivity index (χ2v) is 10.6. The summed E-state index contributed by atoms with van der Waals surface area (Å²) < 4.78 is 16.9. The molecule has 1 atom stereocenters. The Bertz CT molecular complexity index is 1330. The van der Waals surface area contributed by atoms with Crippen LogP contribution in [0.3, 0.4) is 0 Å². The van der Waals surface area contributed by atoms with Crippen LogP contribution in [0.4, 0.5) is 10.1 Å². The number of aromatic nitrogens is 1. The fourth-order valence-corrected chi connectivity index (χ4v) is 4.98. The number of nitrogens with zero attached hydrogens (tertiary/aromatic N) is 2. The maximum Gasteiger partial charge on any atom is 0.227 e. The number of carbonyl (C=O) groups is 1. The number of fused-ring (bicyclic) bond motifs is 1. The largest absolute Gasteiger partial charge is 0.394 e. The number of rotatable bonds is 5. The van der Waals surface area contributed by atoms with Crippen LogP contribution in [0.1, 0.15) is 56.3 Å². The first-order chi connectivity index (χ1) is 16.0. The van der Waals surface area contributed by atoms with Crippen molar-refractivity contribution in [2.75, 3.05) is 18.1 Å². The first kappa shape index (κ1) is 24.4. The molecule has 1 N–H and O–H groups in total. The van der Waals surface area contributed by atoms with Crippen LogP contribution in [0, 0.1) is 18.2 Å². The minimum atomic E-state index is -0.521. The van der Waals surface area contributed by atoms with Crippen molar-refractivity contribution in [3.8, 4) is 0 Å². The molecule has 34 heavy (non-hydrogen) atoms. The Morgan fingerprint density at radius 1 is 1.18 bits per heavy atom. The van der Waals surface area contributed by atoms with Gasteiger partial charge in [-0.05, 0) is 54.2 Å². The van der Waals surface area contributed by atoms with E-state index >= 15 is 0 Å². The van der Waals surface area contributed by atoms with Crippen molar-refractivity contribution in [1.29, 1.82) is 0 Å². The molecule has 0 unspecified atom stereocenters. The van der Waals surface area contributed by atoms with Gasteiger partial charge in [-0.3, -0.25) is 9.59 Å². The number of anilines is 1. The van der Waals surface area contributed by atoms with E-state index in [1.54, 1.807) is 30.2 Å². The summed E-state index contributed by atoms with van der Waals surface area (Å²) >= 11 is 6.18. The molecule has 0 bridgehead atoms. The van der Waals surface area contributed by atoms with Gasteiger partial charge in [0.2, 0.25) is 5.91 Å². The van der Waals surface area contributed by atoms with Gasteiger partial charge in [-0.15, -0.1) is 0 Å². The Balaban J connectivity index is 1.79. The topological polar surface area (TPSA) is 62.5 Å². The predicted octanol–water partition coefficient (Wildman–Crippen LogP) is 5.40. The Hall–Kier alpha value is -2.70. The highest BCUT2D eigenvalue weighted by molar-refractivity contribution is 6.31. The van der Waals surface area contributed by atoms with Gasteiger partial charge in [-0.25, -0.2) is 4.39 Å². The zero-order valence-electron chi connectivity index (χ0n) is 20.0. The summed E-state index contributed by atoms with van der Waals surface area (Å²) in [6.45, 7) is 8.44. The summed E-state index contributed by atoms with van der Waals surface area (Å²) in [7, 11) is 0. The lowest BCUT2D eigenvalue weighted by Crippen LogP contribution is -2.29. The molecule has 2 heterocycles. The van der Waals surface area contributed by atoms with E-state index in [9.17, 15) is 19.1 Å². The third-order valence-electron chi connectivity index (χ3n) is 6.65. The zero-order valence-corrected chi connectivity index (χ0v) is 20.7. The lowest BCUT2D eigenvalue weighted by Gasteiger charge is -2.33. The van der Waals surface area contributed by atoms with Crippen LogP contribution < -0.4 is 10.3 Å². The highest BCUT2D eigenvalue weighted by Gasteiger charge is 2.27. The number of amides is 1. The lowest BCUT2D eigenvalue weighted by atomic mass is 9.86. The molecule has 1 aromatic heterocycles. The number of pyridine rings is 1. The van der Waals surface area contributed by atoms with E-state index in [0.29, 0.717) is 35.2 Å². The highest BCUT2D eigenvalue weighted by Crippen LogP contribution is 2.34. The van der Waals surface area contributed by atoms with Crippen molar-refractivity contribution in [2.45, 2.75) is 53.0 Å². The van der Waals surface area contributed by atoms with E-state index in [1.165, 1.54) is 6.07 Å². The number of hydrogen-bond acceptors (Lipinski definition) is 3. The summed E-state index contributed by atoms with van der Waals surface area (Å²) in [6.07, 6.45) is 3.27. The SMILES string of the molecule is Cc1cn([C@H](CO)C(C)(C)C)c2ccc(Cc3cc(N4CCCC4=O)cc(Cl)c3F)cc2c1=O. The van der Waals surface area contributed by atoms with Crippen molar-refractivity contribution in [2.24, 2.45) is 5.41 Å². The van der Waals surface area contributed by atoms with E-state index in [1.807, 2.05) is 37.5 Å². The molecule has 180 valence electrons. The number of halogens is 2. The van der Waals surface area contributed by atoms with Crippen molar-refractivity contribution in [1.82, 2.24) is 4.57 Å². The molecule has 5 nitrogen and oxygen atoms in total. The molecule has 1 fully saturated rings. The van der Waals surface area contributed by atoms with Crippen LogP contribution in [-0.4, -0.2) is 28.7 Å². The van der Waals surface area contributed by atoms with E-state index in [0.717, 1.165) is 17.5 Å². The molecule has 3 aromatic rings. The molecule has 1 saturated heterocycles. The average Bonchev–Trinajstić information content (AvgIpc) is 3.20. The normalized spacial score (nSPS) is 15.4. The molecule has 1 aliphatic rings. The Kier molecular flexibility index (Phi) is 6.58. The maximum absolute atomic E-state index is 14.9. The number of carbonyl (C=O) groups excluding carboxylic acids is 1. The van der Waals surface area contributed by atoms with Crippen LogP contribution in [0.25, 0.3) is 10.9 Å². The van der Waals surface area contributed by atoms with E-state index in [4.69, 9.17) is 11.6 Å². The molecule has 1 aliphatic heterocycles. The van der Waals surface area contributed by atoms with Gasteiger partial charge in [0.05, 0.1) is 23.2 Å². The van der Waals surface area contributed by atoms with Gasteiger partial charge in [0.25, 0.3) is 0 Å². The van der Waals surface area contributed by atoms with E-state index < -0.39 is 5.82 Å². The number of hydrogen-bond donors (Lipinski definition) is 1. The third-order valence-corrected chi connectivity index (χ3v) is 6.93. The second kappa shape index (κ2) is 9.16. The molecular formula is C27H30ClFN2O3. The summed E-state index contributed by atoms with van der Waals surface area (Å²) in [5.41, 5.74) is 2.72. The smallest absolute Gasteiger partial charge is 0.227 e. The quantitative estimate of drug-likeness (QED) is 0.527. The van der Waals surface area contributed by atoms with Crippen LogP contribution in [0.2, 0.25) is 5.02 Å². The van der Waals surface area contributed by atoms with E-state index in [2.05, 4.69) is 0 Å². The first-order valence-electron chi connectivity index (χ1n) is 11.5. The fourth-order valence-electron chi connectivity index (χ4n) is 4.74. The van der Waals surface area contributed by atoms with Gasteiger partial charge >= 0.3 is 0 Å². The summed E-state index contributed by atoms with van der Waals surface area (Å²) in [4.78, 5) is 26.8. The van der Waals surface area contributed by atoms with Crippen LogP contribution >= 0.6 is 11.6 Å². The average molecular weight is 485 g/mol. The summed E-state index contributed by atoms with van der Waals surface area (Å²) in [6, 6.07) is 8.46. The molecule has 0 aliphatic carbocycles. The van der Waals surface area contributed by atoms with Gasteiger partial charge in [0.1, 0.15) is 5.82 Å². The number of aliphatic hydroxyl groups excluding tert-OH is 1. The Labute approximate surface area is 203 Å². The van der Waals surface area contributed by atoms with Gasteiger partial charge in [0.15, 0.2) is 5.43 Å². The van der Waals surface area contributed by atoms with Gasteiger partial charge in [-0.2, -0.15) is 0 Å². The van der Waals surface area contributed by atoms with Crippen LogP contribution in [0.5, 0.6) is 0 Å². The number of aryl methyl sites for hydroxylation is 1. The molecule has 7 heteroatoms. The predicted molar refractivity (Wildman–Crippen MR) is 134 cm³/mol. The van der Waals surface area contributed by atoms with Crippen molar-refractivity contribution >= 4 is 34.1 Å². The first-order valence-corrected chi connectivity index (χ1v) is 11.9. The molecule has 2 aromatic carbocycles. The molecule has 0 saturated carbocycles. The van der Waals surface area contributed by atoms with Gasteiger partial charge in [-0.1, -0.05) is 38.4 Å². The summed E-state index contributed by atoms with van der Waals surface area (Å²) in [5.74, 6) is -0.514.